The molecule has 3 heteroatoms. The SMILES string of the molecule is CCCCC(CC)(CC(C)=O)C(=O)O. The zero-order chi connectivity index (χ0) is 11.2. The molecule has 1 N–H and O–H groups in total. The van der Waals surface area contributed by atoms with Crippen LogP contribution in [0.3, 0.4) is 0 Å². The quantitative estimate of drug-likeness (QED) is 0.687. The molecule has 0 saturated heterocycles. The number of carbonyl (C=O) groups is 2. The lowest BCUT2D eigenvalue weighted by atomic mass is 9.76. The van der Waals surface area contributed by atoms with Crippen molar-refractivity contribution >= 4 is 11.8 Å². The highest BCUT2D eigenvalue weighted by atomic mass is 16.4. The molecule has 0 saturated carbocycles. The van der Waals surface area contributed by atoms with Crippen molar-refractivity contribution in [2.24, 2.45) is 5.41 Å². The normalized spacial score (nSPS) is 14.8. The number of ketones is 1. The Balaban J connectivity index is 4.60. The van der Waals surface area contributed by atoms with Crippen molar-refractivity contribution in [1.82, 2.24) is 0 Å². The summed E-state index contributed by atoms with van der Waals surface area (Å²) in [5.41, 5.74) is -0.818. The fourth-order valence-electron chi connectivity index (χ4n) is 1.72. The van der Waals surface area contributed by atoms with Crippen molar-refractivity contribution in [3.63, 3.8) is 0 Å². The van der Waals surface area contributed by atoms with E-state index < -0.39 is 11.4 Å². The first-order valence-electron chi connectivity index (χ1n) is 5.21. The summed E-state index contributed by atoms with van der Waals surface area (Å²) in [6.45, 7) is 5.32. The molecular weight excluding hydrogens is 180 g/mol. The van der Waals surface area contributed by atoms with E-state index in [2.05, 4.69) is 0 Å². The van der Waals surface area contributed by atoms with Gasteiger partial charge in [-0.15, -0.1) is 0 Å². The summed E-state index contributed by atoms with van der Waals surface area (Å²) in [4.78, 5) is 22.2. The number of hydrogen-bond acceptors (Lipinski definition) is 2. The lowest BCUT2D eigenvalue weighted by molar-refractivity contribution is -0.152. The molecule has 82 valence electrons. The fourth-order valence-corrected chi connectivity index (χ4v) is 1.72. The number of Topliss-reactive ketones (excluding diaryl/α,β-unsaturated/α-hetero) is 1. The van der Waals surface area contributed by atoms with Crippen LogP contribution >= 0.6 is 0 Å². The molecular formula is C11H20O3. The molecule has 0 fully saturated rings. The van der Waals surface area contributed by atoms with Crippen LogP contribution in [0, 0.1) is 5.41 Å². The van der Waals surface area contributed by atoms with E-state index in [9.17, 15) is 9.59 Å². The number of carboxylic acids is 1. The molecule has 0 rings (SSSR count). The Labute approximate surface area is 85.5 Å². The zero-order valence-electron chi connectivity index (χ0n) is 9.30. The van der Waals surface area contributed by atoms with E-state index in [4.69, 9.17) is 5.11 Å². The van der Waals surface area contributed by atoms with Crippen LogP contribution in [0.5, 0.6) is 0 Å². The summed E-state index contributed by atoms with van der Waals surface area (Å²) in [6.07, 6.45) is 3.13. The predicted octanol–water partition coefficient (Wildman–Crippen LogP) is 2.64. The summed E-state index contributed by atoms with van der Waals surface area (Å²) in [7, 11) is 0. The van der Waals surface area contributed by atoms with E-state index in [0.717, 1.165) is 12.8 Å². The van der Waals surface area contributed by atoms with E-state index in [0.29, 0.717) is 12.8 Å². The van der Waals surface area contributed by atoms with Crippen molar-refractivity contribution in [3.8, 4) is 0 Å². The average Bonchev–Trinajstić information content (AvgIpc) is 2.11. The van der Waals surface area contributed by atoms with Crippen molar-refractivity contribution in [3.05, 3.63) is 0 Å². The standard InChI is InChI=1S/C11H20O3/c1-4-6-7-11(5-2,10(13)14)8-9(3)12/h4-8H2,1-3H3,(H,13,14). The molecule has 0 spiro atoms. The second-order valence-electron chi connectivity index (χ2n) is 3.92. The van der Waals surface area contributed by atoms with Crippen molar-refractivity contribution < 1.29 is 14.7 Å². The van der Waals surface area contributed by atoms with Crippen molar-refractivity contribution in [2.75, 3.05) is 0 Å². The zero-order valence-corrected chi connectivity index (χ0v) is 9.30. The second kappa shape index (κ2) is 5.78. The average molecular weight is 200 g/mol. The Morgan fingerprint density at radius 3 is 2.14 bits per heavy atom. The minimum atomic E-state index is -0.830. The molecule has 0 aliphatic rings. The lowest BCUT2D eigenvalue weighted by Gasteiger charge is -2.26. The summed E-state index contributed by atoms with van der Waals surface area (Å²) < 4.78 is 0. The van der Waals surface area contributed by atoms with Crippen LogP contribution in [0.1, 0.15) is 52.9 Å². The summed E-state index contributed by atoms with van der Waals surface area (Å²) in [5.74, 6) is -0.867. The van der Waals surface area contributed by atoms with Gasteiger partial charge in [-0.2, -0.15) is 0 Å². The van der Waals surface area contributed by atoms with E-state index >= 15 is 0 Å². The number of unbranched alkanes of at least 4 members (excludes halogenated alkanes) is 1. The van der Waals surface area contributed by atoms with Gasteiger partial charge in [-0.3, -0.25) is 9.59 Å². The molecule has 0 aromatic carbocycles. The van der Waals surface area contributed by atoms with E-state index in [1.165, 1.54) is 6.92 Å². The first-order chi connectivity index (χ1) is 6.48. The van der Waals surface area contributed by atoms with Crippen LogP contribution in [-0.2, 0) is 9.59 Å². The largest absolute Gasteiger partial charge is 0.481 e. The van der Waals surface area contributed by atoms with Crippen molar-refractivity contribution in [2.45, 2.75) is 52.9 Å². The highest BCUT2D eigenvalue weighted by molar-refractivity contribution is 5.84. The van der Waals surface area contributed by atoms with Crippen LogP contribution in [0.4, 0.5) is 0 Å². The molecule has 1 unspecified atom stereocenters. The molecule has 1 atom stereocenters. The van der Waals surface area contributed by atoms with Gasteiger partial charge in [-0.1, -0.05) is 26.7 Å². The van der Waals surface area contributed by atoms with Crippen LogP contribution in [-0.4, -0.2) is 16.9 Å². The van der Waals surface area contributed by atoms with E-state index in [1.807, 2.05) is 13.8 Å². The second-order valence-corrected chi connectivity index (χ2v) is 3.92. The minimum Gasteiger partial charge on any atom is -0.481 e. The van der Waals surface area contributed by atoms with Gasteiger partial charge in [-0.25, -0.2) is 0 Å². The van der Waals surface area contributed by atoms with Crippen LogP contribution in [0.2, 0.25) is 0 Å². The molecule has 0 aromatic rings. The first kappa shape index (κ1) is 13.1. The minimum absolute atomic E-state index is 0.0367. The van der Waals surface area contributed by atoms with Crippen molar-refractivity contribution in [1.29, 1.82) is 0 Å². The highest BCUT2D eigenvalue weighted by Crippen LogP contribution is 2.33. The van der Waals surface area contributed by atoms with Gasteiger partial charge in [0.2, 0.25) is 0 Å². The smallest absolute Gasteiger partial charge is 0.310 e. The van der Waals surface area contributed by atoms with Crippen LogP contribution in [0.15, 0.2) is 0 Å². The van der Waals surface area contributed by atoms with Gasteiger partial charge in [0, 0.05) is 6.42 Å². The summed E-state index contributed by atoms with van der Waals surface area (Å²) in [6, 6.07) is 0. The molecule has 0 radical (unpaired) electrons. The van der Waals surface area contributed by atoms with Gasteiger partial charge in [0.25, 0.3) is 0 Å². The maximum absolute atomic E-state index is 11.1. The van der Waals surface area contributed by atoms with E-state index in [-0.39, 0.29) is 12.2 Å². The lowest BCUT2D eigenvalue weighted by Crippen LogP contribution is -2.32. The molecule has 0 bridgehead atoms. The molecule has 0 aliphatic carbocycles. The maximum atomic E-state index is 11.1. The van der Waals surface area contributed by atoms with Gasteiger partial charge in [0.05, 0.1) is 5.41 Å². The van der Waals surface area contributed by atoms with Crippen LogP contribution in [0.25, 0.3) is 0 Å². The maximum Gasteiger partial charge on any atom is 0.310 e. The summed E-state index contributed by atoms with van der Waals surface area (Å²) in [5, 5.41) is 9.15. The first-order valence-corrected chi connectivity index (χ1v) is 5.21. The number of hydrogen-bond donors (Lipinski definition) is 1. The highest BCUT2D eigenvalue weighted by Gasteiger charge is 2.36. The van der Waals surface area contributed by atoms with Gasteiger partial charge < -0.3 is 5.11 Å². The van der Waals surface area contributed by atoms with Gasteiger partial charge >= 0.3 is 5.97 Å². The number of aliphatic carboxylic acids is 1. The molecule has 0 aromatic heterocycles. The van der Waals surface area contributed by atoms with E-state index in [1.54, 1.807) is 0 Å². The third-order valence-electron chi connectivity index (χ3n) is 2.73. The topological polar surface area (TPSA) is 54.4 Å². The van der Waals surface area contributed by atoms with Gasteiger partial charge in [0.15, 0.2) is 0 Å². The Kier molecular flexibility index (Phi) is 5.43. The molecule has 0 amide bonds. The van der Waals surface area contributed by atoms with Crippen LogP contribution < -0.4 is 0 Å². The number of carboxylic acid groups (broad SMARTS) is 1. The Morgan fingerprint density at radius 1 is 1.29 bits per heavy atom. The Hall–Kier alpha value is -0.860. The van der Waals surface area contributed by atoms with Gasteiger partial charge in [0.1, 0.15) is 5.78 Å². The third-order valence-corrected chi connectivity index (χ3v) is 2.73. The molecule has 14 heavy (non-hydrogen) atoms. The van der Waals surface area contributed by atoms with Gasteiger partial charge in [-0.05, 0) is 19.8 Å². The molecule has 0 aliphatic heterocycles. The molecule has 3 nitrogen and oxygen atoms in total. The third kappa shape index (κ3) is 3.48. The number of carbonyl (C=O) groups excluding carboxylic acids is 1. The number of rotatable bonds is 7. The monoisotopic (exact) mass is 200 g/mol. The summed E-state index contributed by atoms with van der Waals surface area (Å²) >= 11 is 0. The predicted molar refractivity (Wildman–Crippen MR) is 55.2 cm³/mol. The Morgan fingerprint density at radius 2 is 1.86 bits per heavy atom. The fraction of sp³-hybridized carbons (Fsp3) is 0.818. The Bertz CT molecular complexity index is 211. The molecule has 0 heterocycles.